The molecule has 0 saturated carbocycles. The first-order valence-electron chi connectivity index (χ1n) is 8.05. The lowest BCUT2D eigenvalue weighted by molar-refractivity contribution is -0.116. The smallest absolute Gasteiger partial charge is 0.246 e. The Hall–Kier alpha value is -2.92. The van der Waals surface area contributed by atoms with E-state index in [1.54, 1.807) is 0 Å². The summed E-state index contributed by atoms with van der Waals surface area (Å²) in [6, 6.07) is 18.2. The number of hydrogen-bond donors (Lipinski definition) is 1. The molecule has 2 heterocycles. The normalized spacial score (nSPS) is 10.9. The molecule has 0 radical (unpaired) electrons. The Morgan fingerprint density at radius 3 is 2.76 bits per heavy atom. The Bertz CT molecular complexity index is 1030. The summed E-state index contributed by atoms with van der Waals surface area (Å²) in [5.74, 6) is -0.0776. The van der Waals surface area contributed by atoms with Gasteiger partial charge in [-0.3, -0.25) is 4.79 Å². The minimum absolute atomic E-state index is 0.0776. The first kappa shape index (κ1) is 15.6. The zero-order valence-electron chi connectivity index (χ0n) is 13.8. The van der Waals surface area contributed by atoms with Crippen LogP contribution < -0.4 is 5.32 Å². The van der Waals surface area contributed by atoms with Gasteiger partial charge in [0.05, 0.1) is 5.69 Å². The van der Waals surface area contributed by atoms with E-state index in [-0.39, 0.29) is 12.5 Å². The maximum atomic E-state index is 12.3. The molecule has 0 unspecified atom stereocenters. The fourth-order valence-electron chi connectivity index (χ4n) is 2.78. The van der Waals surface area contributed by atoms with Crippen molar-refractivity contribution in [2.24, 2.45) is 0 Å². The van der Waals surface area contributed by atoms with E-state index in [2.05, 4.69) is 29.4 Å². The van der Waals surface area contributed by atoms with Gasteiger partial charge in [-0.2, -0.15) is 0 Å². The van der Waals surface area contributed by atoms with Gasteiger partial charge in [0.15, 0.2) is 5.13 Å². The Kier molecular flexibility index (Phi) is 4.07. The molecule has 1 N–H and O–H groups in total. The molecule has 0 aliphatic heterocycles. The largest absolute Gasteiger partial charge is 0.338 e. The summed E-state index contributed by atoms with van der Waals surface area (Å²) in [6.45, 7) is 2.33. The first-order chi connectivity index (χ1) is 12.2. The van der Waals surface area contributed by atoms with Crippen LogP contribution in [0.4, 0.5) is 5.13 Å². The molecule has 4 rings (SSSR count). The number of benzene rings is 2. The van der Waals surface area contributed by atoms with Crippen molar-refractivity contribution in [1.82, 2.24) is 9.55 Å². The molecular weight excluding hydrogens is 330 g/mol. The van der Waals surface area contributed by atoms with Crippen LogP contribution in [0.15, 0.2) is 66.2 Å². The number of thiazole rings is 1. The number of para-hydroxylation sites is 1. The Balaban J connectivity index is 1.47. The van der Waals surface area contributed by atoms with Gasteiger partial charge in [-0.05, 0) is 24.4 Å². The van der Waals surface area contributed by atoms with E-state index in [1.165, 1.54) is 16.9 Å². The summed E-state index contributed by atoms with van der Waals surface area (Å²) >= 11 is 1.44. The van der Waals surface area contributed by atoms with Crippen molar-refractivity contribution in [3.05, 3.63) is 71.7 Å². The van der Waals surface area contributed by atoms with E-state index in [1.807, 2.05) is 58.6 Å². The van der Waals surface area contributed by atoms with Gasteiger partial charge in [0.25, 0.3) is 0 Å². The fraction of sp³-hybridized carbons (Fsp3) is 0.100. The number of nitrogens with zero attached hydrogens (tertiary/aromatic N) is 2. The van der Waals surface area contributed by atoms with Crippen LogP contribution in [-0.2, 0) is 11.3 Å². The number of carbonyl (C=O) groups is 1. The molecule has 0 aliphatic carbocycles. The van der Waals surface area contributed by atoms with Crippen molar-refractivity contribution in [3.8, 4) is 11.3 Å². The molecule has 4 nitrogen and oxygen atoms in total. The second kappa shape index (κ2) is 6.53. The van der Waals surface area contributed by atoms with Gasteiger partial charge in [-0.25, -0.2) is 4.98 Å². The van der Waals surface area contributed by atoms with Gasteiger partial charge in [0.1, 0.15) is 6.54 Å². The average molecular weight is 347 g/mol. The lowest BCUT2D eigenvalue weighted by Crippen LogP contribution is -2.18. The topological polar surface area (TPSA) is 46.9 Å². The second-order valence-electron chi connectivity index (χ2n) is 5.95. The molecule has 5 heteroatoms. The Morgan fingerprint density at radius 1 is 1.12 bits per heavy atom. The summed E-state index contributed by atoms with van der Waals surface area (Å²) < 4.78 is 1.94. The van der Waals surface area contributed by atoms with Crippen LogP contribution in [0.1, 0.15) is 5.56 Å². The summed E-state index contributed by atoms with van der Waals surface area (Å²) in [5, 5.41) is 6.61. The molecular formula is C20H17N3OS. The zero-order valence-corrected chi connectivity index (χ0v) is 14.6. The molecule has 25 heavy (non-hydrogen) atoms. The minimum atomic E-state index is -0.0776. The summed E-state index contributed by atoms with van der Waals surface area (Å²) in [6.07, 6.45) is 1.93. The number of carbonyl (C=O) groups excluding carboxylic acids is 1. The van der Waals surface area contributed by atoms with Gasteiger partial charge < -0.3 is 9.88 Å². The first-order valence-corrected chi connectivity index (χ1v) is 8.93. The van der Waals surface area contributed by atoms with Crippen molar-refractivity contribution in [1.29, 1.82) is 0 Å². The van der Waals surface area contributed by atoms with Gasteiger partial charge in [0.2, 0.25) is 5.91 Å². The van der Waals surface area contributed by atoms with Crippen LogP contribution in [0.3, 0.4) is 0 Å². The van der Waals surface area contributed by atoms with E-state index in [0.717, 1.165) is 22.2 Å². The molecule has 0 atom stereocenters. The number of aromatic nitrogens is 2. The monoisotopic (exact) mass is 347 g/mol. The molecule has 0 saturated heterocycles. The maximum Gasteiger partial charge on any atom is 0.246 e. The fourth-order valence-corrected chi connectivity index (χ4v) is 3.52. The second-order valence-corrected chi connectivity index (χ2v) is 6.81. The number of amides is 1. The highest BCUT2D eigenvalue weighted by molar-refractivity contribution is 7.14. The number of fused-ring (bicyclic) bond motifs is 1. The van der Waals surface area contributed by atoms with E-state index in [0.29, 0.717) is 5.13 Å². The number of aryl methyl sites for hydroxylation is 1. The van der Waals surface area contributed by atoms with Crippen molar-refractivity contribution in [2.45, 2.75) is 13.5 Å². The van der Waals surface area contributed by atoms with Crippen LogP contribution >= 0.6 is 11.3 Å². The molecule has 0 bridgehead atoms. The standard InChI is InChI=1S/C20H17N3OS/c1-14-6-8-15(9-7-14)17-13-25-20(21-17)22-19(24)12-23-11-10-16-4-2-3-5-18(16)23/h2-11,13H,12H2,1H3,(H,21,22,24). The van der Waals surface area contributed by atoms with E-state index < -0.39 is 0 Å². The summed E-state index contributed by atoms with van der Waals surface area (Å²) in [7, 11) is 0. The summed E-state index contributed by atoms with van der Waals surface area (Å²) in [4.78, 5) is 16.9. The number of anilines is 1. The number of hydrogen-bond acceptors (Lipinski definition) is 3. The van der Waals surface area contributed by atoms with Gasteiger partial charge in [-0.1, -0.05) is 48.0 Å². The third-order valence-electron chi connectivity index (χ3n) is 4.09. The minimum Gasteiger partial charge on any atom is -0.338 e. The number of nitrogens with one attached hydrogen (secondary N) is 1. The van der Waals surface area contributed by atoms with Crippen LogP contribution in [0.2, 0.25) is 0 Å². The summed E-state index contributed by atoms with van der Waals surface area (Å²) in [5.41, 5.74) is 4.20. The predicted molar refractivity (Wildman–Crippen MR) is 103 cm³/mol. The Labute approximate surface area is 149 Å². The third kappa shape index (κ3) is 3.32. The van der Waals surface area contributed by atoms with Crippen molar-refractivity contribution < 1.29 is 4.79 Å². The maximum absolute atomic E-state index is 12.3. The molecule has 0 fully saturated rings. The lowest BCUT2D eigenvalue weighted by Gasteiger charge is -2.05. The highest BCUT2D eigenvalue weighted by Crippen LogP contribution is 2.25. The number of rotatable bonds is 4. The van der Waals surface area contributed by atoms with Crippen LogP contribution in [0.5, 0.6) is 0 Å². The average Bonchev–Trinajstić information content (AvgIpc) is 3.23. The molecule has 1 amide bonds. The van der Waals surface area contributed by atoms with Gasteiger partial charge in [0, 0.05) is 22.7 Å². The molecule has 0 spiro atoms. The van der Waals surface area contributed by atoms with E-state index in [9.17, 15) is 4.79 Å². The van der Waals surface area contributed by atoms with E-state index in [4.69, 9.17) is 0 Å². The van der Waals surface area contributed by atoms with Crippen molar-refractivity contribution in [2.75, 3.05) is 5.32 Å². The van der Waals surface area contributed by atoms with Crippen molar-refractivity contribution in [3.63, 3.8) is 0 Å². The SMILES string of the molecule is Cc1ccc(-c2csc(NC(=O)Cn3ccc4ccccc43)n2)cc1. The highest BCUT2D eigenvalue weighted by Gasteiger charge is 2.10. The Morgan fingerprint density at radius 2 is 1.92 bits per heavy atom. The molecule has 0 aliphatic rings. The lowest BCUT2D eigenvalue weighted by atomic mass is 10.1. The van der Waals surface area contributed by atoms with E-state index >= 15 is 0 Å². The molecule has 124 valence electrons. The van der Waals surface area contributed by atoms with Crippen LogP contribution in [-0.4, -0.2) is 15.5 Å². The molecule has 4 aromatic rings. The molecule has 2 aromatic carbocycles. The zero-order chi connectivity index (χ0) is 17.2. The van der Waals surface area contributed by atoms with Gasteiger partial charge in [-0.15, -0.1) is 11.3 Å². The highest BCUT2D eigenvalue weighted by atomic mass is 32.1. The van der Waals surface area contributed by atoms with Gasteiger partial charge >= 0.3 is 0 Å². The predicted octanol–water partition coefficient (Wildman–Crippen LogP) is 4.71. The van der Waals surface area contributed by atoms with Crippen LogP contribution in [0.25, 0.3) is 22.2 Å². The quantitative estimate of drug-likeness (QED) is 0.581. The van der Waals surface area contributed by atoms with Crippen LogP contribution in [0, 0.1) is 6.92 Å². The van der Waals surface area contributed by atoms with Crippen molar-refractivity contribution >= 4 is 33.3 Å². The molecule has 2 aromatic heterocycles. The third-order valence-corrected chi connectivity index (χ3v) is 4.85.